The van der Waals surface area contributed by atoms with E-state index in [1.165, 1.54) is 11.3 Å². The van der Waals surface area contributed by atoms with Gasteiger partial charge in [0.15, 0.2) is 0 Å². The van der Waals surface area contributed by atoms with Gasteiger partial charge in [-0.3, -0.25) is 4.79 Å². The van der Waals surface area contributed by atoms with Gasteiger partial charge in [0, 0.05) is 17.5 Å². The average molecular weight is 316 g/mol. The molecular formula is C17H20N2O2S. The van der Waals surface area contributed by atoms with Gasteiger partial charge < -0.3 is 10.1 Å². The lowest BCUT2D eigenvalue weighted by molar-refractivity contribution is 0.0945. The maximum atomic E-state index is 12.0. The van der Waals surface area contributed by atoms with Crippen LogP contribution < -0.4 is 10.1 Å². The van der Waals surface area contributed by atoms with Crippen LogP contribution >= 0.6 is 11.3 Å². The zero-order chi connectivity index (χ0) is 15.9. The van der Waals surface area contributed by atoms with Crippen LogP contribution in [0.3, 0.4) is 0 Å². The summed E-state index contributed by atoms with van der Waals surface area (Å²) >= 11 is 1.45. The number of aromatic nitrogens is 1. The molecule has 0 atom stereocenters. The predicted octanol–water partition coefficient (Wildman–Crippen LogP) is 3.76. The number of rotatable bonds is 7. The maximum Gasteiger partial charge on any atom is 0.270 e. The Kier molecular flexibility index (Phi) is 5.72. The van der Waals surface area contributed by atoms with Crippen molar-refractivity contribution in [2.24, 2.45) is 5.92 Å². The molecule has 0 bridgehead atoms. The molecule has 116 valence electrons. The van der Waals surface area contributed by atoms with Crippen molar-refractivity contribution in [2.45, 2.75) is 13.8 Å². The van der Waals surface area contributed by atoms with Crippen LogP contribution in [0.15, 0.2) is 42.3 Å². The quantitative estimate of drug-likeness (QED) is 0.791. The number of benzene rings is 1. The fourth-order valence-electron chi connectivity index (χ4n) is 1.77. The van der Waals surface area contributed by atoms with E-state index in [-0.39, 0.29) is 5.91 Å². The summed E-state index contributed by atoms with van der Waals surface area (Å²) in [6.45, 7) is 8.86. The van der Waals surface area contributed by atoms with Gasteiger partial charge >= 0.3 is 0 Å². The lowest BCUT2D eigenvalue weighted by atomic mass is 10.2. The highest BCUT2D eigenvalue weighted by atomic mass is 32.1. The largest absolute Gasteiger partial charge is 0.490 e. The topological polar surface area (TPSA) is 51.2 Å². The summed E-state index contributed by atoms with van der Waals surface area (Å²) in [5.41, 5.74) is 1.40. The minimum absolute atomic E-state index is 0.129. The van der Waals surface area contributed by atoms with Crippen LogP contribution in [0.1, 0.15) is 24.3 Å². The molecule has 4 nitrogen and oxygen atoms in total. The summed E-state index contributed by atoms with van der Waals surface area (Å²) < 4.78 is 5.52. The summed E-state index contributed by atoms with van der Waals surface area (Å²) in [4.78, 5) is 16.4. The number of thiazole rings is 1. The molecule has 1 aromatic heterocycles. The Morgan fingerprint density at radius 3 is 3.05 bits per heavy atom. The second-order valence-corrected chi connectivity index (χ2v) is 6.13. The molecular weight excluding hydrogens is 296 g/mol. The van der Waals surface area contributed by atoms with Gasteiger partial charge in [-0.25, -0.2) is 4.98 Å². The summed E-state index contributed by atoms with van der Waals surface area (Å²) in [5, 5.41) is 5.46. The highest BCUT2D eigenvalue weighted by Crippen LogP contribution is 2.27. The third-order valence-electron chi connectivity index (χ3n) is 2.86. The fourth-order valence-corrected chi connectivity index (χ4v) is 2.57. The summed E-state index contributed by atoms with van der Waals surface area (Å²) in [6, 6.07) is 7.66. The van der Waals surface area contributed by atoms with Crippen molar-refractivity contribution in [3.05, 3.63) is 48.0 Å². The number of carbonyl (C=O) groups is 1. The Hall–Kier alpha value is -2.14. The van der Waals surface area contributed by atoms with Gasteiger partial charge in [-0.1, -0.05) is 38.6 Å². The van der Waals surface area contributed by atoms with Gasteiger partial charge in [-0.05, 0) is 18.1 Å². The van der Waals surface area contributed by atoms with Crippen molar-refractivity contribution in [2.75, 3.05) is 13.2 Å². The molecule has 1 amide bonds. The fraction of sp³-hybridized carbons (Fsp3) is 0.294. The van der Waals surface area contributed by atoms with Crippen molar-refractivity contribution in [1.82, 2.24) is 10.3 Å². The SMILES string of the molecule is C=CCOc1cccc(-c2nc(C(=O)NCC(C)C)cs2)c1. The van der Waals surface area contributed by atoms with Crippen LogP contribution in [0.5, 0.6) is 5.75 Å². The Morgan fingerprint density at radius 1 is 1.50 bits per heavy atom. The minimum Gasteiger partial charge on any atom is -0.490 e. The first-order chi connectivity index (χ1) is 10.6. The van der Waals surface area contributed by atoms with E-state index in [9.17, 15) is 4.79 Å². The summed E-state index contributed by atoms with van der Waals surface area (Å²) in [7, 11) is 0. The zero-order valence-corrected chi connectivity index (χ0v) is 13.7. The molecule has 0 unspecified atom stereocenters. The number of hydrogen-bond donors (Lipinski definition) is 1. The van der Waals surface area contributed by atoms with Crippen LogP contribution in [0.4, 0.5) is 0 Å². The van der Waals surface area contributed by atoms with Gasteiger partial charge in [-0.2, -0.15) is 0 Å². The lowest BCUT2D eigenvalue weighted by Crippen LogP contribution is -2.27. The lowest BCUT2D eigenvalue weighted by Gasteiger charge is -2.05. The van der Waals surface area contributed by atoms with Crippen molar-refractivity contribution in [3.8, 4) is 16.3 Å². The molecule has 0 aliphatic carbocycles. The molecule has 1 heterocycles. The highest BCUT2D eigenvalue weighted by Gasteiger charge is 2.12. The van der Waals surface area contributed by atoms with E-state index in [1.54, 1.807) is 11.5 Å². The smallest absolute Gasteiger partial charge is 0.270 e. The van der Waals surface area contributed by atoms with Gasteiger partial charge in [0.2, 0.25) is 0 Å². The van der Waals surface area contributed by atoms with E-state index in [1.807, 2.05) is 24.3 Å². The van der Waals surface area contributed by atoms with Crippen molar-refractivity contribution >= 4 is 17.2 Å². The van der Waals surface area contributed by atoms with E-state index in [4.69, 9.17) is 4.74 Å². The monoisotopic (exact) mass is 316 g/mol. The molecule has 0 aliphatic rings. The number of hydrogen-bond acceptors (Lipinski definition) is 4. The van der Waals surface area contributed by atoms with E-state index in [0.717, 1.165) is 16.3 Å². The van der Waals surface area contributed by atoms with Crippen LogP contribution in [-0.4, -0.2) is 24.0 Å². The second kappa shape index (κ2) is 7.75. The molecule has 2 rings (SSSR count). The van der Waals surface area contributed by atoms with Crippen LogP contribution in [-0.2, 0) is 0 Å². The standard InChI is InChI=1S/C17H20N2O2S/c1-4-8-21-14-7-5-6-13(9-14)17-19-15(11-22-17)16(20)18-10-12(2)3/h4-7,9,11-12H,1,8,10H2,2-3H3,(H,18,20). The molecule has 0 fully saturated rings. The molecule has 0 spiro atoms. The summed E-state index contributed by atoms with van der Waals surface area (Å²) in [5.74, 6) is 1.05. The number of ether oxygens (including phenoxy) is 1. The minimum atomic E-state index is -0.129. The van der Waals surface area contributed by atoms with Gasteiger partial charge in [0.25, 0.3) is 5.91 Å². The number of nitrogens with zero attached hydrogens (tertiary/aromatic N) is 1. The molecule has 1 N–H and O–H groups in total. The molecule has 2 aromatic rings. The van der Waals surface area contributed by atoms with Crippen LogP contribution in [0.2, 0.25) is 0 Å². The first-order valence-corrected chi connectivity index (χ1v) is 8.06. The molecule has 5 heteroatoms. The van der Waals surface area contributed by atoms with Gasteiger partial charge in [0.1, 0.15) is 23.1 Å². The Bertz CT molecular complexity index is 650. The Morgan fingerprint density at radius 2 is 2.32 bits per heavy atom. The highest BCUT2D eigenvalue weighted by molar-refractivity contribution is 7.13. The van der Waals surface area contributed by atoms with E-state index in [2.05, 4.69) is 30.7 Å². The summed E-state index contributed by atoms with van der Waals surface area (Å²) in [6.07, 6.45) is 1.70. The molecule has 0 saturated heterocycles. The molecule has 0 saturated carbocycles. The van der Waals surface area contributed by atoms with Crippen molar-refractivity contribution < 1.29 is 9.53 Å². The molecule has 22 heavy (non-hydrogen) atoms. The number of nitrogens with one attached hydrogen (secondary N) is 1. The predicted molar refractivity (Wildman–Crippen MR) is 90.4 cm³/mol. The first kappa shape index (κ1) is 16.2. The van der Waals surface area contributed by atoms with Gasteiger partial charge in [-0.15, -0.1) is 11.3 Å². The number of carbonyl (C=O) groups excluding carboxylic acids is 1. The Labute approximate surface area is 134 Å². The van der Waals surface area contributed by atoms with Crippen molar-refractivity contribution in [3.63, 3.8) is 0 Å². The normalized spacial score (nSPS) is 10.5. The third-order valence-corrected chi connectivity index (χ3v) is 3.75. The molecule has 0 aliphatic heterocycles. The van der Waals surface area contributed by atoms with Crippen molar-refractivity contribution in [1.29, 1.82) is 0 Å². The van der Waals surface area contributed by atoms with E-state index in [0.29, 0.717) is 24.8 Å². The first-order valence-electron chi connectivity index (χ1n) is 7.18. The maximum absolute atomic E-state index is 12.0. The average Bonchev–Trinajstić information content (AvgIpc) is 3.01. The van der Waals surface area contributed by atoms with E-state index >= 15 is 0 Å². The second-order valence-electron chi connectivity index (χ2n) is 5.27. The zero-order valence-electron chi connectivity index (χ0n) is 12.8. The van der Waals surface area contributed by atoms with Crippen LogP contribution in [0, 0.1) is 5.92 Å². The molecule has 1 aromatic carbocycles. The van der Waals surface area contributed by atoms with Gasteiger partial charge in [0.05, 0.1) is 0 Å². The van der Waals surface area contributed by atoms with Crippen LogP contribution in [0.25, 0.3) is 10.6 Å². The third kappa shape index (κ3) is 4.43. The van der Waals surface area contributed by atoms with E-state index < -0.39 is 0 Å². The number of amides is 1. The molecule has 0 radical (unpaired) electrons. The Balaban J connectivity index is 2.10.